The van der Waals surface area contributed by atoms with Gasteiger partial charge in [-0.25, -0.2) is 0 Å². The molecule has 19 heavy (non-hydrogen) atoms. The molecule has 1 aromatic carbocycles. The molecule has 0 saturated heterocycles. The molecule has 0 saturated carbocycles. The largest absolute Gasteiger partial charge is 0.288 e. The number of hydrogen-bond acceptors (Lipinski definition) is 3. The van der Waals surface area contributed by atoms with Crippen LogP contribution in [0.15, 0.2) is 55.0 Å². The standard InChI is InChI=1S/C15H9ClN2O/c16-14-11-6-7-17-9-13(11)18-8-12(14)15(19)10-4-2-1-3-5-10/h1-9H. The second kappa shape index (κ2) is 4.78. The molecule has 92 valence electrons. The topological polar surface area (TPSA) is 42.9 Å². The molecule has 3 rings (SSSR count). The van der Waals surface area contributed by atoms with E-state index in [1.807, 2.05) is 18.2 Å². The fourth-order valence-corrected chi connectivity index (χ4v) is 2.21. The molecule has 0 unspecified atom stereocenters. The minimum absolute atomic E-state index is 0.128. The summed E-state index contributed by atoms with van der Waals surface area (Å²) in [6, 6.07) is 10.8. The molecule has 0 spiro atoms. The summed E-state index contributed by atoms with van der Waals surface area (Å²) in [5, 5.41) is 1.15. The summed E-state index contributed by atoms with van der Waals surface area (Å²) < 4.78 is 0. The van der Waals surface area contributed by atoms with Gasteiger partial charge in [0.1, 0.15) is 0 Å². The molecule has 0 N–H and O–H groups in total. The van der Waals surface area contributed by atoms with Crippen molar-refractivity contribution in [3.63, 3.8) is 0 Å². The van der Waals surface area contributed by atoms with Crippen LogP contribution < -0.4 is 0 Å². The molecule has 0 aliphatic heterocycles. The van der Waals surface area contributed by atoms with Gasteiger partial charge in [0.05, 0.1) is 22.3 Å². The number of pyridine rings is 2. The third-order valence-corrected chi connectivity index (χ3v) is 3.29. The lowest BCUT2D eigenvalue weighted by Crippen LogP contribution is -2.03. The van der Waals surface area contributed by atoms with E-state index in [-0.39, 0.29) is 5.78 Å². The van der Waals surface area contributed by atoms with E-state index in [1.165, 1.54) is 6.20 Å². The molecule has 2 heterocycles. The lowest BCUT2D eigenvalue weighted by atomic mass is 10.0. The summed E-state index contributed by atoms with van der Waals surface area (Å²) in [7, 11) is 0. The predicted molar refractivity (Wildman–Crippen MR) is 74.4 cm³/mol. The molecule has 0 amide bonds. The number of ketones is 1. The van der Waals surface area contributed by atoms with Gasteiger partial charge in [-0.2, -0.15) is 0 Å². The maximum absolute atomic E-state index is 12.4. The van der Waals surface area contributed by atoms with E-state index in [9.17, 15) is 4.79 Å². The highest BCUT2D eigenvalue weighted by Crippen LogP contribution is 2.26. The summed E-state index contributed by atoms with van der Waals surface area (Å²) in [5.74, 6) is -0.128. The van der Waals surface area contributed by atoms with Crippen molar-refractivity contribution in [1.29, 1.82) is 0 Å². The van der Waals surface area contributed by atoms with Crippen LogP contribution in [-0.4, -0.2) is 15.8 Å². The Bertz CT molecular complexity index is 756. The van der Waals surface area contributed by atoms with Crippen molar-refractivity contribution in [1.82, 2.24) is 9.97 Å². The molecular weight excluding hydrogens is 260 g/mol. The van der Waals surface area contributed by atoms with Gasteiger partial charge in [0, 0.05) is 23.3 Å². The smallest absolute Gasteiger partial charge is 0.196 e. The first-order chi connectivity index (χ1) is 9.27. The van der Waals surface area contributed by atoms with Gasteiger partial charge in [-0.1, -0.05) is 41.9 Å². The zero-order valence-electron chi connectivity index (χ0n) is 9.88. The SMILES string of the molecule is O=C(c1ccccc1)c1cnc2cnccc2c1Cl. The zero-order chi connectivity index (χ0) is 13.2. The second-order valence-corrected chi connectivity index (χ2v) is 4.45. The van der Waals surface area contributed by atoms with E-state index < -0.39 is 0 Å². The number of rotatable bonds is 2. The van der Waals surface area contributed by atoms with Crippen molar-refractivity contribution < 1.29 is 4.79 Å². The Labute approximate surface area is 114 Å². The van der Waals surface area contributed by atoms with Crippen LogP contribution in [0.1, 0.15) is 15.9 Å². The maximum atomic E-state index is 12.4. The van der Waals surface area contributed by atoms with E-state index in [1.54, 1.807) is 30.6 Å². The number of nitrogens with zero attached hydrogens (tertiary/aromatic N) is 2. The average molecular weight is 269 g/mol. The van der Waals surface area contributed by atoms with Crippen LogP contribution >= 0.6 is 11.6 Å². The maximum Gasteiger partial charge on any atom is 0.196 e. The third-order valence-electron chi connectivity index (χ3n) is 2.89. The molecule has 0 bridgehead atoms. The highest BCUT2D eigenvalue weighted by atomic mass is 35.5. The predicted octanol–water partition coefficient (Wildman–Crippen LogP) is 3.51. The van der Waals surface area contributed by atoms with Crippen molar-refractivity contribution in [3.8, 4) is 0 Å². The molecule has 3 aromatic rings. The van der Waals surface area contributed by atoms with E-state index in [0.717, 1.165) is 5.39 Å². The number of hydrogen-bond donors (Lipinski definition) is 0. The minimum Gasteiger partial charge on any atom is -0.288 e. The van der Waals surface area contributed by atoms with Gasteiger partial charge < -0.3 is 0 Å². The lowest BCUT2D eigenvalue weighted by Gasteiger charge is -2.06. The molecule has 0 aliphatic rings. The molecule has 0 atom stereocenters. The van der Waals surface area contributed by atoms with Crippen molar-refractivity contribution in [3.05, 3.63) is 71.1 Å². The summed E-state index contributed by atoms with van der Waals surface area (Å²) in [5.41, 5.74) is 1.68. The highest BCUT2D eigenvalue weighted by molar-refractivity contribution is 6.39. The number of carbonyl (C=O) groups is 1. The monoisotopic (exact) mass is 268 g/mol. The first kappa shape index (κ1) is 11.8. The molecule has 3 nitrogen and oxygen atoms in total. The number of carbonyl (C=O) groups excluding carboxylic acids is 1. The molecule has 0 radical (unpaired) electrons. The quantitative estimate of drug-likeness (QED) is 0.668. The summed E-state index contributed by atoms with van der Waals surface area (Å²) >= 11 is 6.30. The Morgan fingerprint density at radius 3 is 2.63 bits per heavy atom. The van der Waals surface area contributed by atoms with Crippen molar-refractivity contribution >= 4 is 28.3 Å². The van der Waals surface area contributed by atoms with Gasteiger partial charge in [0.2, 0.25) is 0 Å². The molecule has 4 heteroatoms. The Morgan fingerprint density at radius 2 is 1.84 bits per heavy atom. The zero-order valence-corrected chi connectivity index (χ0v) is 10.6. The van der Waals surface area contributed by atoms with Gasteiger partial charge >= 0.3 is 0 Å². The fourth-order valence-electron chi connectivity index (χ4n) is 1.91. The molecule has 0 fully saturated rings. The Hall–Kier alpha value is -2.26. The van der Waals surface area contributed by atoms with Crippen LogP contribution in [0.25, 0.3) is 10.9 Å². The van der Waals surface area contributed by atoms with Crippen molar-refractivity contribution in [2.75, 3.05) is 0 Å². The van der Waals surface area contributed by atoms with Crippen molar-refractivity contribution in [2.24, 2.45) is 0 Å². The summed E-state index contributed by atoms with van der Waals surface area (Å²) in [4.78, 5) is 20.6. The summed E-state index contributed by atoms with van der Waals surface area (Å²) in [6.45, 7) is 0. The molecular formula is C15H9ClN2O. The Balaban J connectivity index is 2.16. The number of benzene rings is 1. The van der Waals surface area contributed by atoms with Crippen LogP contribution in [0.3, 0.4) is 0 Å². The van der Waals surface area contributed by atoms with Gasteiger partial charge in [-0.15, -0.1) is 0 Å². The third kappa shape index (κ3) is 2.09. The second-order valence-electron chi connectivity index (χ2n) is 4.07. The number of fused-ring (bicyclic) bond motifs is 1. The van der Waals surface area contributed by atoms with Crippen molar-refractivity contribution in [2.45, 2.75) is 0 Å². The Morgan fingerprint density at radius 1 is 1.05 bits per heavy atom. The van der Waals surface area contributed by atoms with E-state index in [4.69, 9.17) is 11.6 Å². The van der Waals surface area contributed by atoms with Crippen LogP contribution in [0.2, 0.25) is 5.02 Å². The summed E-state index contributed by atoms with van der Waals surface area (Å²) in [6.07, 6.45) is 4.76. The van der Waals surface area contributed by atoms with Gasteiger partial charge in [-0.05, 0) is 6.07 Å². The Kier molecular flexibility index (Phi) is 2.97. The van der Waals surface area contributed by atoms with Crippen LogP contribution in [0, 0.1) is 0 Å². The van der Waals surface area contributed by atoms with Gasteiger partial charge in [-0.3, -0.25) is 14.8 Å². The van der Waals surface area contributed by atoms with E-state index >= 15 is 0 Å². The molecule has 0 aliphatic carbocycles. The number of aromatic nitrogens is 2. The van der Waals surface area contributed by atoms with E-state index in [0.29, 0.717) is 21.7 Å². The molecule has 2 aromatic heterocycles. The van der Waals surface area contributed by atoms with Gasteiger partial charge in [0.15, 0.2) is 5.78 Å². The normalized spacial score (nSPS) is 10.6. The lowest BCUT2D eigenvalue weighted by molar-refractivity contribution is 0.103. The average Bonchev–Trinajstić information content (AvgIpc) is 2.48. The first-order valence-corrected chi connectivity index (χ1v) is 6.13. The first-order valence-electron chi connectivity index (χ1n) is 5.75. The van der Waals surface area contributed by atoms with Crippen LogP contribution in [0.4, 0.5) is 0 Å². The minimum atomic E-state index is -0.128. The van der Waals surface area contributed by atoms with E-state index in [2.05, 4.69) is 9.97 Å². The highest BCUT2D eigenvalue weighted by Gasteiger charge is 2.15. The van der Waals surface area contributed by atoms with Crippen LogP contribution in [0.5, 0.6) is 0 Å². The number of halogens is 1. The van der Waals surface area contributed by atoms with Gasteiger partial charge in [0.25, 0.3) is 0 Å². The van der Waals surface area contributed by atoms with Crippen LogP contribution in [-0.2, 0) is 0 Å². The fraction of sp³-hybridized carbons (Fsp3) is 0.